The minimum absolute atomic E-state index is 0.377. The second-order valence-electron chi connectivity index (χ2n) is 4.73. The molecule has 0 spiro atoms. The summed E-state index contributed by atoms with van der Waals surface area (Å²) in [5.41, 5.74) is 2.21. The van der Waals surface area contributed by atoms with Crippen LogP contribution in [0.1, 0.15) is 5.56 Å². The quantitative estimate of drug-likeness (QED) is 0.534. The summed E-state index contributed by atoms with van der Waals surface area (Å²) in [5, 5.41) is 0.847. The molecular formula is C19H13O3. The fourth-order valence-electron chi connectivity index (χ4n) is 2.26. The van der Waals surface area contributed by atoms with Gasteiger partial charge in [0, 0.05) is 17.9 Å². The monoisotopic (exact) mass is 289 g/mol. The van der Waals surface area contributed by atoms with Gasteiger partial charge < -0.3 is 9.15 Å². The molecule has 0 atom stereocenters. The average Bonchev–Trinajstić information content (AvgIpc) is 2.54. The minimum atomic E-state index is -0.377. The highest BCUT2D eigenvalue weighted by molar-refractivity contribution is 5.82. The molecule has 2 aromatic carbocycles. The van der Waals surface area contributed by atoms with E-state index >= 15 is 0 Å². The maximum Gasteiger partial charge on any atom is 0.344 e. The lowest BCUT2D eigenvalue weighted by molar-refractivity contribution is 0.415. The molecule has 0 saturated carbocycles. The first-order valence-corrected chi connectivity index (χ1v) is 6.72. The van der Waals surface area contributed by atoms with Gasteiger partial charge in [-0.2, -0.15) is 0 Å². The van der Waals surface area contributed by atoms with Crippen LogP contribution >= 0.6 is 0 Å². The van der Waals surface area contributed by atoms with Crippen molar-refractivity contribution in [3.8, 4) is 28.7 Å². The van der Waals surface area contributed by atoms with Crippen molar-refractivity contribution in [2.24, 2.45) is 0 Å². The molecule has 1 radical (unpaired) electrons. The minimum Gasteiger partial charge on any atom is -0.497 e. The van der Waals surface area contributed by atoms with Gasteiger partial charge in [-0.15, -0.1) is 0 Å². The predicted molar refractivity (Wildman–Crippen MR) is 86.7 cm³/mol. The van der Waals surface area contributed by atoms with E-state index in [1.54, 1.807) is 13.2 Å². The van der Waals surface area contributed by atoms with E-state index in [2.05, 4.69) is 18.8 Å². The molecule has 1 heterocycles. The molecule has 0 N–H and O–H groups in total. The first kappa shape index (κ1) is 14.0. The van der Waals surface area contributed by atoms with Crippen molar-refractivity contribution in [3.05, 3.63) is 71.4 Å². The van der Waals surface area contributed by atoms with Gasteiger partial charge in [0.2, 0.25) is 0 Å². The van der Waals surface area contributed by atoms with Crippen LogP contribution < -0.4 is 10.4 Å². The lowest BCUT2D eigenvalue weighted by atomic mass is 10.1. The van der Waals surface area contributed by atoms with Crippen LogP contribution in [0.2, 0.25) is 0 Å². The third-order valence-corrected chi connectivity index (χ3v) is 3.37. The van der Waals surface area contributed by atoms with Crippen molar-refractivity contribution in [3.63, 3.8) is 0 Å². The Morgan fingerprint density at radius 3 is 2.55 bits per heavy atom. The van der Waals surface area contributed by atoms with Gasteiger partial charge in [-0.25, -0.2) is 4.79 Å². The zero-order valence-corrected chi connectivity index (χ0v) is 12.1. The molecular weight excluding hydrogens is 276 g/mol. The number of hydrogen-bond acceptors (Lipinski definition) is 3. The van der Waals surface area contributed by atoms with Crippen molar-refractivity contribution in [2.45, 2.75) is 0 Å². The Morgan fingerprint density at radius 2 is 1.86 bits per heavy atom. The molecule has 1 aromatic heterocycles. The second-order valence-corrected chi connectivity index (χ2v) is 4.73. The maximum absolute atomic E-state index is 12.2. The summed E-state index contributed by atoms with van der Waals surface area (Å²) >= 11 is 0. The first-order chi connectivity index (χ1) is 10.7. The molecule has 22 heavy (non-hydrogen) atoms. The molecule has 0 unspecified atom stereocenters. The highest BCUT2D eigenvalue weighted by atomic mass is 16.5. The van der Waals surface area contributed by atoms with Crippen LogP contribution in [0.5, 0.6) is 5.75 Å². The third-order valence-electron chi connectivity index (χ3n) is 3.37. The molecule has 3 nitrogen and oxygen atoms in total. The molecule has 3 heteroatoms. The van der Waals surface area contributed by atoms with E-state index in [1.165, 1.54) is 0 Å². The molecule has 0 aliphatic heterocycles. The lowest BCUT2D eigenvalue weighted by Crippen LogP contribution is -2.02. The lowest BCUT2D eigenvalue weighted by Gasteiger charge is -2.04. The predicted octanol–water partition coefficient (Wildman–Crippen LogP) is 3.65. The number of fused-ring (bicyclic) bond motifs is 1. The molecule has 0 aliphatic carbocycles. The van der Waals surface area contributed by atoms with E-state index in [1.807, 2.05) is 42.5 Å². The van der Waals surface area contributed by atoms with Crippen LogP contribution in [-0.4, -0.2) is 7.11 Å². The fraction of sp³-hybridized carbons (Fsp3) is 0.0526. The SMILES string of the molecule is [CH2]C#Cc1ccc2cc(-c3ccc(OC)cc3)c(=O)oc2c1. The highest BCUT2D eigenvalue weighted by Crippen LogP contribution is 2.23. The smallest absolute Gasteiger partial charge is 0.344 e. The second kappa shape index (κ2) is 5.79. The summed E-state index contributed by atoms with van der Waals surface area (Å²) < 4.78 is 10.5. The van der Waals surface area contributed by atoms with Crippen LogP contribution in [0.3, 0.4) is 0 Å². The van der Waals surface area contributed by atoms with Gasteiger partial charge in [0.15, 0.2) is 0 Å². The Morgan fingerprint density at radius 1 is 1.09 bits per heavy atom. The van der Waals surface area contributed by atoms with Gasteiger partial charge in [0.05, 0.1) is 12.7 Å². The summed E-state index contributed by atoms with van der Waals surface area (Å²) in [6, 6.07) is 14.6. The van der Waals surface area contributed by atoms with Crippen LogP contribution in [0.15, 0.2) is 57.7 Å². The Labute approximate surface area is 128 Å². The van der Waals surface area contributed by atoms with Crippen molar-refractivity contribution in [1.29, 1.82) is 0 Å². The van der Waals surface area contributed by atoms with Gasteiger partial charge >= 0.3 is 5.63 Å². The Hall–Kier alpha value is -2.99. The highest BCUT2D eigenvalue weighted by Gasteiger charge is 2.08. The number of benzene rings is 2. The first-order valence-electron chi connectivity index (χ1n) is 6.72. The topological polar surface area (TPSA) is 39.4 Å². The van der Waals surface area contributed by atoms with Gasteiger partial charge in [-0.3, -0.25) is 0 Å². The van der Waals surface area contributed by atoms with E-state index < -0.39 is 0 Å². The van der Waals surface area contributed by atoms with Gasteiger partial charge in [0.1, 0.15) is 11.3 Å². The van der Waals surface area contributed by atoms with Crippen LogP contribution in [0.25, 0.3) is 22.1 Å². The van der Waals surface area contributed by atoms with Gasteiger partial charge in [-0.05, 0) is 42.0 Å². The van der Waals surface area contributed by atoms with Crippen molar-refractivity contribution < 1.29 is 9.15 Å². The van der Waals surface area contributed by atoms with E-state index in [-0.39, 0.29) is 5.63 Å². The van der Waals surface area contributed by atoms with E-state index in [0.717, 1.165) is 22.3 Å². The summed E-state index contributed by atoms with van der Waals surface area (Å²) in [4.78, 5) is 12.2. The molecule has 0 saturated heterocycles. The zero-order valence-electron chi connectivity index (χ0n) is 12.1. The van der Waals surface area contributed by atoms with E-state index in [4.69, 9.17) is 9.15 Å². The molecule has 0 amide bonds. The standard InChI is InChI=1S/C19H13O3/c1-3-4-13-5-6-15-12-17(19(20)22-18(15)11-13)14-7-9-16(21-2)10-8-14/h5-12H,1H2,2H3. The zero-order chi connectivity index (χ0) is 15.5. The number of methoxy groups -OCH3 is 1. The molecule has 107 valence electrons. The van der Waals surface area contributed by atoms with Crippen molar-refractivity contribution in [1.82, 2.24) is 0 Å². The van der Waals surface area contributed by atoms with Crippen molar-refractivity contribution in [2.75, 3.05) is 7.11 Å². The summed E-state index contributed by atoms with van der Waals surface area (Å²) in [6.45, 7) is 3.48. The summed E-state index contributed by atoms with van der Waals surface area (Å²) in [5.74, 6) is 6.16. The average molecular weight is 289 g/mol. The normalized spacial score (nSPS) is 10.1. The van der Waals surface area contributed by atoms with Crippen LogP contribution in [0.4, 0.5) is 0 Å². The van der Waals surface area contributed by atoms with Crippen LogP contribution in [-0.2, 0) is 0 Å². The molecule has 3 aromatic rings. The maximum atomic E-state index is 12.2. The van der Waals surface area contributed by atoms with E-state index in [0.29, 0.717) is 11.1 Å². The molecule has 0 fully saturated rings. The Bertz CT molecular complexity index is 938. The summed E-state index contributed by atoms with van der Waals surface area (Å²) in [6.07, 6.45) is 0. The van der Waals surface area contributed by atoms with Gasteiger partial charge in [0.25, 0.3) is 0 Å². The van der Waals surface area contributed by atoms with Gasteiger partial charge in [-0.1, -0.05) is 24.0 Å². The third kappa shape index (κ3) is 2.59. The van der Waals surface area contributed by atoms with Crippen LogP contribution in [0, 0.1) is 18.8 Å². The summed E-state index contributed by atoms with van der Waals surface area (Å²) in [7, 11) is 1.60. The molecule has 0 bridgehead atoms. The molecule has 3 rings (SSSR count). The molecule has 0 aliphatic rings. The van der Waals surface area contributed by atoms with Crippen molar-refractivity contribution >= 4 is 11.0 Å². The Kier molecular flexibility index (Phi) is 3.67. The van der Waals surface area contributed by atoms with E-state index in [9.17, 15) is 4.79 Å². The number of rotatable bonds is 2. The Balaban J connectivity index is 2.13. The number of ether oxygens (including phenoxy) is 1. The number of hydrogen-bond donors (Lipinski definition) is 0. The fourth-order valence-corrected chi connectivity index (χ4v) is 2.26. The largest absolute Gasteiger partial charge is 0.497 e.